The summed E-state index contributed by atoms with van der Waals surface area (Å²) in [4.78, 5) is 14.5. The van der Waals surface area contributed by atoms with E-state index >= 15 is 0 Å². The van der Waals surface area contributed by atoms with Crippen molar-refractivity contribution in [3.05, 3.63) is 70.0 Å². The number of amides is 1. The molecular weight excluding hydrogens is 557 g/mol. The fourth-order valence-corrected chi connectivity index (χ4v) is 6.09. The molecule has 0 saturated carbocycles. The van der Waals surface area contributed by atoms with Crippen LogP contribution in [0.5, 0.6) is 0 Å². The predicted molar refractivity (Wildman–Crippen MR) is 127 cm³/mol. The van der Waals surface area contributed by atoms with Crippen LogP contribution in [0.1, 0.15) is 40.2 Å². The molecule has 0 spiro atoms. The lowest BCUT2D eigenvalue weighted by atomic mass is 9.79. The number of nitrogens with zero attached hydrogens (tertiary/aromatic N) is 2. The summed E-state index contributed by atoms with van der Waals surface area (Å²) < 4.78 is 120. The van der Waals surface area contributed by atoms with Crippen LogP contribution in [0.2, 0.25) is 0 Å². The first-order valence-electron chi connectivity index (χ1n) is 11.8. The fourth-order valence-electron chi connectivity index (χ4n) is 4.83. The van der Waals surface area contributed by atoms with Gasteiger partial charge in [0.15, 0.2) is 0 Å². The molecule has 0 aromatic heterocycles. The molecule has 1 aliphatic heterocycles. The van der Waals surface area contributed by atoms with Crippen molar-refractivity contribution in [3.8, 4) is 0 Å². The Labute approximate surface area is 221 Å². The Kier molecular flexibility index (Phi) is 9.02. The first kappa shape index (κ1) is 30.8. The summed E-state index contributed by atoms with van der Waals surface area (Å²) in [7, 11) is -2.64. The van der Waals surface area contributed by atoms with Gasteiger partial charge < -0.3 is 10.0 Å². The van der Waals surface area contributed by atoms with E-state index in [2.05, 4.69) is 0 Å². The average Bonchev–Trinajstić information content (AvgIpc) is 2.82. The summed E-state index contributed by atoms with van der Waals surface area (Å²) in [5.74, 6) is -3.39. The number of benzene rings is 2. The zero-order chi connectivity index (χ0) is 29.3. The van der Waals surface area contributed by atoms with Gasteiger partial charge in [0.25, 0.3) is 0 Å². The molecule has 0 bridgehead atoms. The third kappa shape index (κ3) is 7.28. The summed E-state index contributed by atoms with van der Waals surface area (Å²) in [6.45, 7) is 0.114. The van der Waals surface area contributed by atoms with Crippen LogP contribution in [0.4, 0.5) is 30.7 Å². The van der Waals surface area contributed by atoms with Crippen molar-refractivity contribution in [2.45, 2.75) is 38.2 Å². The summed E-state index contributed by atoms with van der Waals surface area (Å²) in [5.41, 5.74) is -2.48. The van der Waals surface area contributed by atoms with Gasteiger partial charge in [0.2, 0.25) is 15.9 Å². The first-order chi connectivity index (χ1) is 17.9. The maximum Gasteiger partial charge on any atom is 0.416 e. The van der Waals surface area contributed by atoms with Gasteiger partial charge in [0, 0.05) is 38.5 Å². The van der Waals surface area contributed by atoms with Gasteiger partial charge in [-0.1, -0.05) is 6.07 Å². The monoisotopic (exact) mass is 584 g/mol. The number of hydrogen-bond acceptors (Lipinski definition) is 4. The van der Waals surface area contributed by atoms with E-state index in [1.54, 1.807) is 6.92 Å². The molecule has 1 aliphatic rings. The largest absolute Gasteiger partial charge is 0.416 e. The van der Waals surface area contributed by atoms with Gasteiger partial charge in [-0.3, -0.25) is 4.79 Å². The van der Waals surface area contributed by atoms with Crippen molar-refractivity contribution in [1.29, 1.82) is 0 Å². The molecule has 2 unspecified atom stereocenters. The van der Waals surface area contributed by atoms with Gasteiger partial charge >= 0.3 is 12.4 Å². The van der Waals surface area contributed by atoms with E-state index in [1.165, 1.54) is 19.2 Å². The molecular formula is C25H27F7N2O4S. The van der Waals surface area contributed by atoms with E-state index in [9.17, 15) is 43.9 Å². The van der Waals surface area contributed by atoms with Crippen LogP contribution in [0.15, 0.2) is 36.4 Å². The van der Waals surface area contributed by atoms with Gasteiger partial charge in [-0.15, -0.1) is 0 Å². The van der Waals surface area contributed by atoms with Crippen molar-refractivity contribution in [2.24, 2.45) is 5.92 Å². The summed E-state index contributed by atoms with van der Waals surface area (Å²) in [5, 5.41) is 9.13. The quantitative estimate of drug-likeness (QED) is 0.485. The standard InChI is InChI=1S/C25H27F7N2O4S/c1-15-9-19(26)3-4-20(15)22-14-34(39(37,38)8-7-35)6-5-21(22)23(36)33(2)13-16-10-17(24(27,28)29)12-18(11-16)25(30,31)32/h3-4,9-12,21-22,35H,5-8,13-14H2,1-2H3. The van der Waals surface area contributed by atoms with E-state index in [0.29, 0.717) is 23.3 Å². The van der Waals surface area contributed by atoms with E-state index in [0.717, 1.165) is 15.3 Å². The number of carbonyl (C=O) groups is 1. The topological polar surface area (TPSA) is 77.9 Å². The Morgan fingerprint density at radius 1 is 1.05 bits per heavy atom. The zero-order valence-corrected chi connectivity index (χ0v) is 21.8. The van der Waals surface area contributed by atoms with Crippen molar-refractivity contribution < 1.29 is 49.1 Å². The number of carbonyl (C=O) groups excluding carboxylic acids is 1. The van der Waals surface area contributed by atoms with Crippen molar-refractivity contribution >= 4 is 15.9 Å². The number of aliphatic hydroxyl groups is 1. The summed E-state index contributed by atoms with van der Waals surface area (Å²) in [6.07, 6.45) is -10.1. The summed E-state index contributed by atoms with van der Waals surface area (Å²) >= 11 is 0. The molecule has 0 aliphatic carbocycles. The van der Waals surface area contributed by atoms with E-state index in [-0.39, 0.29) is 31.1 Å². The molecule has 1 saturated heterocycles. The minimum Gasteiger partial charge on any atom is -0.395 e. The number of aryl methyl sites for hydroxylation is 1. The number of sulfonamides is 1. The Balaban J connectivity index is 1.95. The van der Waals surface area contributed by atoms with Crippen LogP contribution in [-0.2, 0) is 33.7 Å². The van der Waals surface area contributed by atoms with Crippen molar-refractivity contribution in [2.75, 3.05) is 32.5 Å². The minimum atomic E-state index is -5.04. The lowest BCUT2D eigenvalue weighted by molar-refractivity contribution is -0.143. The molecule has 0 radical (unpaired) electrons. The third-order valence-electron chi connectivity index (χ3n) is 6.71. The number of alkyl halides is 6. The van der Waals surface area contributed by atoms with Crippen LogP contribution >= 0.6 is 0 Å². The predicted octanol–water partition coefficient (Wildman–Crippen LogP) is 4.56. The molecule has 1 heterocycles. The molecule has 1 N–H and O–H groups in total. The summed E-state index contributed by atoms with van der Waals surface area (Å²) in [6, 6.07) is 4.87. The van der Waals surface area contributed by atoms with Crippen molar-refractivity contribution in [3.63, 3.8) is 0 Å². The molecule has 2 aromatic rings. The Bertz CT molecular complexity index is 1280. The molecule has 6 nitrogen and oxygen atoms in total. The van der Waals surface area contributed by atoms with Crippen LogP contribution in [0, 0.1) is 18.7 Å². The lowest BCUT2D eigenvalue weighted by Gasteiger charge is -2.39. The molecule has 2 atom stereocenters. The Morgan fingerprint density at radius 2 is 1.64 bits per heavy atom. The van der Waals surface area contributed by atoms with Gasteiger partial charge in [-0.05, 0) is 60.4 Å². The van der Waals surface area contributed by atoms with E-state index in [4.69, 9.17) is 5.11 Å². The molecule has 14 heteroatoms. The highest BCUT2D eigenvalue weighted by molar-refractivity contribution is 7.89. The van der Waals surface area contributed by atoms with Gasteiger partial charge in [-0.25, -0.2) is 17.1 Å². The second kappa shape index (κ2) is 11.4. The first-order valence-corrected chi connectivity index (χ1v) is 13.4. The maximum absolute atomic E-state index is 13.8. The highest BCUT2D eigenvalue weighted by Gasteiger charge is 2.41. The molecule has 39 heavy (non-hydrogen) atoms. The normalized spacial score (nSPS) is 19.2. The highest BCUT2D eigenvalue weighted by atomic mass is 32.2. The van der Waals surface area contributed by atoms with Gasteiger partial charge in [-0.2, -0.15) is 26.3 Å². The number of rotatable bonds is 7. The van der Waals surface area contributed by atoms with E-state index in [1.807, 2.05) is 0 Å². The average molecular weight is 585 g/mol. The number of piperidine rings is 1. The maximum atomic E-state index is 13.8. The second-order valence-electron chi connectivity index (χ2n) is 9.51. The van der Waals surface area contributed by atoms with Crippen LogP contribution in [-0.4, -0.2) is 61.1 Å². The van der Waals surface area contributed by atoms with Crippen LogP contribution in [0.25, 0.3) is 0 Å². The Morgan fingerprint density at radius 3 is 2.15 bits per heavy atom. The smallest absolute Gasteiger partial charge is 0.395 e. The van der Waals surface area contributed by atoms with Crippen LogP contribution in [0.3, 0.4) is 0 Å². The third-order valence-corrected chi connectivity index (χ3v) is 8.53. The lowest BCUT2D eigenvalue weighted by Crippen LogP contribution is -2.48. The number of aliphatic hydroxyl groups excluding tert-OH is 1. The minimum absolute atomic E-state index is 0.00120. The Hall–Kier alpha value is -2.71. The number of halogens is 7. The number of hydrogen-bond donors (Lipinski definition) is 1. The van der Waals surface area contributed by atoms with E-state index < -0.39 is 76.0 Å². The zero-order valence-electron chi connectivity index (χ0n) is 21.0. The molecule has 1 amide bonds. The van der Waals surface area contributed by atoms with Gasteiger partial charge in [0.05, 0.1) is 23.5 Å². The second-order valence-corrected chi connectivity index (χ2v) is 11.6. The molecule has 2 aromatic carbocycles. The highest BCUT2D eigenvalue weighted by Crippen LogP contribution is 2.38. The molecule has 1 fully saturated rings. The SMILES string of the molecule is Cc1cc(F)ccc1C1CN(S(=O)(=O)CCO)CCC1C(=O)N(C)Cc1cc(C(F)(F)F)cc(C(F)(F)F)c1. The van der Waals surface area contributed by atoms with Gasteiger partial charge in [0.1, 0.15) is 5.82 Å². The van der Waals surface area contributed by atoms with Crippen molar-refractivity contribution in [1.82, 2.24) is 9.21 Å². The van der Waals surface area contributed by atoms with Crippen LogP contribution < -0.4 is 0 Å². The fraction of sp³-hybridized carbons (Fsp3) is 0.480. The molecule has 3 rings (SSSR count). The molecule has 216 valence electrons.